The van der Waals surface area contributed by atoms with E-state index < -0.39 is 7.12 Å². The van der Waals surface area contributed by atoms with Gasteiger partial charge in [-0.3, -0.25) is 0 Å². The number of hydrogen-bond acceptors (Lipinski definition) is 4. The van der Waals surface area contributed by atoms with Crippen LogP contribution in [0.4, 0.5) is 0 Å². The van der Waals surface area contributed by atoms with Crippen molar-refractivity contribution in [3.63, 3.8) is 0 Å². The number of benzene rings is 2. The fourth-order valence-corrected chi connectivity index (χ4v) is 1.58. The Morgan fingerprint density at radius 3 is 2.39 bits per heavy atom. The topological polar surface area (TPSA) is 58.9 Å². The van der Waals surface area contributed by atoms with Crippen molar-refractivity contribution in [1.29, 1.82) is 0 Å². The molecule has 0 spiro atoms. The van der Waals surface area contributed by atoms with Crippen molar-refractivity contribution in [3.05, 3.63) is 48.5 Å². The van der Waals surface area contributed by atoms with Crippen LogP contribution >= 0.6 is 0 Å². The summed E-state index contributed by atoms with van der Waals surface area (Å²) in [6.45, 7) is 0. The molecule has 0 saturated heterocycles. The van der Waals surface area contributed by atoms with Gasteiger partial charge < -0.3 is 19.5 Å². The predicted molar refractivity (Wildman–Crippen MR) is 69.3 cm³/mol. The van der Waals surface area contributed by atoms with Crippen molar-refractivity contribution in [2.24, 2.45) is 0 Å². The van der Waals surface area contributed by atoms with E-state index in [1.54, 1.807) is 55.6 Å². The van der Waals surface area contributed by atoms with Crippen LogP contribution in [-0.2, 0) is 0 Å². The highest BCUT2D eigenvalue weighted by molar-refractivity contribution is 6.59. The standard InChI is InChI=1S/C13H13BO4/c1-17-10-5-4-6-11(9-10)18-13-8-3-2-7-12(13)14(15)16/h2-9,15-16H,1H3. The molecule has 0 bridgehead atoms. The van der Waals surface area contributed by atoms with Gasteiger partial charge in [0.2, 0.25) is 0 Å². The van der Waals surface area contributed by atoms with Gasteiger partial charge in [-0.05, 0) is 18.2 Å². The van der Waals surface area contributed by atoms with Gasteiger partial charge in [-0.15, -0.1) is 0 Å². The summed E-state index contributed by atoms with van der Waals surface area (Å²) in [6, 6.07) is 13.8. The van der Waals surface area contributed by atoms with E-state index in [9.17, 15) is 10.0 Å². The Labute approximate surface area is 106 Å². The van der Waals surface area contributed by atoms with Gasteiger partial charge in [0.15, 0.2) is 0 Å². The fourth-order valence-electron chi connectivity index (χ4n) is 1.58. The molecule has 2 rings (SSSR count). The van der Waals surface area contributed by atoms with Crippen molar-refractivity contribution in [2.45, 2.75) is 0 Å². The minimum Gasteiger partial charge on any atom is -0.497 e. The molecule has 2 aromatic carbocycles. The van der Waals surface area contributed by atoms with Gasteiger partial charge in [-0.2, -0.15) is 0 Å². The zero-order chi connectivity index (χ0) is 13.0. The van der Waals surface area contributed by atoms with E-state index in [1.807, 2.05) is 0 Å². The normalized spacial score (nSPS) is 9.94. The molecule has 0 aliphatic rings. The molecule has 5 heteroatoms. The highest BCUT2D eigenvalue weighted by Gasteiger charge is 2.16. The average Bonchev–Trinajstić information content (AvgIpc) is 2.39. The molecule has 0 aliphatic heterocycles. The first-order valence-corrected chi connectivity index (χ1v) is 5.47. The van der Waals surface area contributed by atoms with E-state index in [1.165, 1.54) is 0 Å². The monoisotopic (exact) mass is 244 g/mol. The molecule has 92 valence electrons. The largest absolute Gasteiger partial charge is 0.497 e. The smallest absolute Gasteiger partial charge is 0.492 e. The van der Waals surface area contributed by atoms with E-state index in [2.05, 4.69) is 0 Å². The summed E-state index contributed by atoms with van der Waals surface area (Å²) in [7, 11) is 0.0108. The minimum absolute atomic E-state index is 0.320. The molecule has 0 fully saturated rings. The van der Waals surface area contributed by atoms with Crippen molar-refractivity contribution >= 4 is 12.6 Å². The Balaban J connectivity index is 2.28. The summed E-state index contributed by atoms with van der Waals surface area (Å²) < 4.78 is 10.7. The van der Waals surface area contributed by atoms with Crippen LogP contribution in [0.1, 0.15) is 0 Å². The summed E-state index contributed by atoms with van der Waals surface area (Å²) in [5, 5.41) is 18.5. The number of para-hydroxylation sites is 1. The SMILES string of the molecule is COc1cccc(Oc2ccccc2B(O)O)c1. The first-order valence-electron chi connectivity index (χ1n) is 5.47. The van der Waals surface area contributed by atoms with Gasteiger partial charge in [0.25, 0.3) is 0 Å². The lowest BCUT2D eigenvalue weighted by molar-refractivity contribution is 0.408. The second kappa shape index (κ2) is 5.57. The van der Waals surface area contributed by atoms with E-state index in [4.69, 9.17) is 9.47 Å². The van der Waals surface area contributed by atoms with Crippen LogP contribution in [0.3, 0.4) is 0 Å². The Kier molecular flexibility index (Phi) is 3.87. The van der Waals surface area contributed by atoms with Crippen LogP contribution in [0.5, 0.6) is 17.2 Å². The van der Waals surface area contributed by atoms with Crippen molar-refractivity contribution in [2.75, 3.05) is 7.11 Å². The van der Waals surface area contributed by atoms with Gasteiger partial charge in [-0.25, -0.2) is 0 Å². The summed E-state index contributed by atoms with van der Waals surface area (Å²) in [5.41, 5.74) is 0.320. The van der Waals surface area contributed by atoms with Crippen LogP contribution in [0.25, 0.3) is 0 Å². The van der Waals surface area contributed by atoms with Gasteiger partial charge >= 0.3 is 7.12 Å². The van der Waals surface area contributed by atoms with Crippen LogP contribution in [0, 0.1) is 0 Å². The molecule has 4 nitrogen and oxygen atoms in total. The maximum Gasteiger partial charge on any atom is 0.492 e. The molecule has 0 atom stereocenters. The first kappa shape index (κ1) is 12.5. The molecule has 0 unspecified atom stereocenters. The second-order valence-electron chi connectivity index (χ2n) is 3.69. The molecule has 2 N–H and O–H groups in total. The van der Waals surface area contributed by atoms with Crippen molar-refractivity contribution < 1.29 is 19.5 Å². The number of hydrogen-bond donors (Lipinski definition) is 2. The summed E-state index contributed by atoms with van der Waals surface area (Å²) in [4.78, 5) is 0. The molecule has 0 amide bonds. The number of rotatable bonds is 4. The molecule has 0 heterocycles. The molecular formula is C13H13BO4. The molecule has 0 aromatic heterocycles. The third-order valence-corrected chi connectivity index (χ3v) is 2.47. The van der Waals surface area contributed by atoms with E-state index in [0.29, 0.717) is 22.7 Å². The maximum atomic E-state index is 9.23. The van der Waals surface area contributed by atoms with Crippen LogP contribution in [0.15, 0.2) is 48.5 Å². The first-order chi connectivity index (χ1) is 8.70. The van der Waals surface area contributed by atoms with E-state index in [0.717, 1.165) is 0 Å². The van der Waals surface area contributed by atoms with Gasteiger partial charge in [-0.1, -0.05) is 24.3 Å². The van der Waals surface area contributed by atoms with Crippen LogP contribution in [-0.4, -0.2) is 24.3 Å². The molecule has 0 aliphatic carbocycles. The molecule has 0 saturated carbocycles. The second-order valence-corrected chi connectivity index (χ2v) is 3.69. The number of methoxy groups -OCH3 is 1. The average molecular weight is 244 g/mol. The molecule has 18 heavy (non-hydrogen) atoms. The summed E-state index contributed by atoms with van der Waals surface area (Å²) >= 11 is 0. The third-order valence-electron chi connectivity index (χ3n) is 2.47. The Morgan fingerprint density at radius 2 is 1.67 bits per heavy atom. The lowest BCUT2D eigenvalue weighted by Crippen LogP contribution is -2.30. The summed E-state index contributed by atoms with van der Waals surface area (Å²) in [6.07, 6.45) is 0. The summed E-state index contributed by atoms with van der Waals surface area (Å²) in [5.74, 6) is 1.65. The lowest BCUT2D eigenvalue weighted by atomic mass is 9.79. The van der Waals surface area contributed by atoms with Gasteiger partial charge in [0.1, 0.15) is 17.2 Å². The maximum absolute atomic E-state index is 9.23. The number of ether oxygens (including phenoxy) is 2. The van der Waals surface area contributed by atoms with Gasteiger partial charge in [0, 0.05) is 11.5 Å². The Bertz CT molecular complexity index is 528. The highest BCUT2D eigenvalue weighted by Crippen LogP contribution is 2.24. The van der Waals surface area contributed by atoms with Crippen molar-refractivity contribution in [3.8, 4) is 17.2 Å². The van der Waals surface area contributed by atoms with Gasteiger partial charge in [0.05, 0.1) is 7.11 Å². The highest BCUT2D eigenvalue weighted by atomic mass is 16.5. The third kappa shape index (κ3) is 2.82. The molecular weight excluding hydrogens is 231 g/mol. The minimum atomic E-state index is -1.56. The fraction of sp³-hybridized carbons (Fsp3) is 0.0769. The Morgan fingerprint density at radius 1 is 0.944 bits per heavy atom. The van der Waals surface area contributed by atoms with Crippen LogP contribution in [0.2, 0.25) is 0 Å². The van der Waals surface area contributed by atoms with Crippen molar-refractivity contribution in [1.82, 2.24) is 0 Å². The Hall–Kier alpha value is -1.98. The van der Waals surface area contributed by atoms with E-state index in [-0.39, 0.29) is 0 Å². The zero-order valence-electron chi connectivity index (χ0n) is 9.91. The zero-order valence-corrected chi connectivity index (χ0v) is 9.91. The quantitative estimate of drug-likeness (QED) is 0.792. The molecule has 0 radical (unpaired) electrons. The predicted octanol–water partition coefficient (Wildman–Crippen LogP) is 1.17. The van der Waals surface area contributed by atoms with E-state index >= 15 is 0 Å². The molecule has 2 aromatic rings. The van der Waals surface area contributed by atoms with Crippen LogP contribution < -0.4 is 14.9 Å². The lowest BCUT2D eigenvalue weighted by Gasteiger charge is -2.11.